The van der Waals surface area contributed by atoms with E-state index in [1.807, 2.05) is 6.92 Å². The lowest BCUT2D eigenvalue weighted by Crippen LogP contribution is -2.31. The molecular formula is C14H25N5O. The van der Waals surface area contributed by atoms with E-state index in [0.29, 0.717) is 30.5 Å². The van der Waals surface area contributed by atoms with Crippen molar-refractivity contribution in [3.63, 3.8) is 0 Å². The first kappa shape index (κ1) is 14.8. The summed E-state index contributed by atoms with van der Waals surface area (Å²) in [6.07, 6.45) is 7.63. The van der Waals surface area contributed by atoms with Crippen molar-refractivity contribution >= 4 is 11.9 Å². The Balaban J connectivity index is 2.06. The highest BCUT2D eigenvalue weighted by atomic mass is 16.5. The lowest BCUT2D eigenvalue weighted by molar-refractivity contribution is 0.306. The predicted molar refractivity (Wildman–Crippen MR) is 79.7 cm³/mol. The van der Waals surface area contributed by atoms with E-state index in [1.165, 1.54) is 32.1 Å². The third kappa shape index (κ3) is 3.95. The Morgan fingerprint density at radius 1 is 1.20 bits per heavy atom. The van der Waals surface area contributed by atoms with Crippen LogP contribution in [0.2, 0.25) is 0 Å². The molecule has 20 heavy (non-hydrogen) atoms. The molecule has 0 amide bonds. The minimum Gasteiger partial charge on any atom is -0.464 e. The molecule has 0 radical (unpaired) electrons. The van der Waals surface area contributed by atoms with E-state index < -0.39 is 0 Å². The Morgan fingerprint density at radius 2 is 1.95 bits per heavy atom. The van der Waals surface area contributed by atoms with Crippen molar-refractivity contribution in [2.75, 3.05) is 17.7 Å². The molecule has 6 heteroatoms. The second-order valence-electron chi connectivity index (χ2n) is 5.29. The third-order valence-corrected chi connectivity index (χ3v) is 3.88. The molecule has 3 N–H and O–H groups in total. The van der Waals surface area contributed by atoms with Gasteiger partial charge in [0.2, 0.25) is 11.9 Å². The summed E-state index contributed by atoms with van der Waals surface area (Å²) >= 11 is 0. The first-order valence-corrected chi connectivity index (χ1v) is 7.63. The predicted octanol–water partition coefficient (Wildman–Crippen LogP) is 2.62. The van der Waals surface area contributed by atoms with E-state index in [0.717, 1.165) is 6.42 Å². The monoisotopic (exact) mass is 279 g/mol. The van der Waals surface area contributed by atoms with Crippen molar-refractivity contribution in [3.05, 3.63) is 0 Å². The molecule has 1 unspecified atom stereocenters. The van der Waals surface area contributed by atoms with Gasteiger partial charge in [0.15, 0.2) is 0 Å². The lowest BCUT2D eigenvalue weighted by Gasteiger charge is -2.30. The molecule has 0 bridgehead atoms. The average Bonchev–Trinajstić information content (AvgIpc) is 2.45. The molecule has 1 aromatic heterocycles. The van der Waals surface area contributed by atoms with Crippen LogP contribution in [-0.4, -0.2) is 27.6 Å². The van der Waals surface area contributed by atoms with Gasteiger partial charge in [0.05, 0.1) is 6.61 Å². The summed E-state index contributed by atoms with van der Waals surface area (Å²) in [5.74, 6) is 1.42. The van der Waals surface area contributed by atoms with Gasteiger partial charge in [-0.2, -0.15) is 15.0 Å². The summed E-state index contributed by atoms with van der Waals surface area (Å²) in [5.41, 5.74) is 5.70. The summed E-state index contributed by atoms with van der Waals surface area (Å²) in [6.45, 7) is 4.60. The molecular weight excluding hydrogens is 254 g/mol. The smallest absolute Gasteiger partial charge is 0.323 e. The van der Waals surface area contributed by atoms with Gasteiger partial charge in [-0.15, -0.1) is 0 Å². The number of hydrogen-bond acceptors (Lipinski definition) is 6. The van der Waals surface area contributed by atoms with Crippen molar-refractivity contribution in [2.24, 2.45) is 5.92 Å². The quantitative estimate of drug-likeness (QED) is 0.832. The van der Waals surface area contributed by atoms with Crippen molar-refractivity contribution in [2.45, 2.75) is 58.4 Å². The van der Waals surface area contributed by atoms with Crippen LogP contribution in [0.5, 0.6) is 6.01 Å². The molecule has 0 saturated heterocycles. The maximum Gasteiger partial charge on any atom is 0.323 e. The van der Waals surface area contributed by atoms with Gasteiger partial charge in [-0.25, -0.2) is 0 Å². The van der Waals surface area contributed by atoms with E-state index in [2.05, 4.69) is 27.2 Å². The first-order chi connectivity index (χ1) is 9.72. The van der Waals surface area contributed by atoms with Crippen molar-refractivity contribution in [3.8, 4) is 6.01 Å². The topological polar surface area (TPSA) is 86.0 Å². The van der Waals surface area contributed by atoms with Gasteiger partial charge in [0.1, 0.15) is 0 Å². The number of hydrogen-bond donors (Lipinski definition) is 2. The van der Waals surface area contributed by atoms with Gasteiger partial charge in [0, 0.05) is 6.04 Å². The van der Waals surface area contributed by atoms with Crippen molar-refractivity contribution < 1.29 is 4.74 Å². The molecule has 1 saturated carbocycles. The number of rotatable bonds is 6. The number of nitrogens with zero attached hydrogens (tertiary/aromatic N) is 3. The van der Waals surface area contributed by atoms with Crippen LogP contribution in [0.3, 0.4) is 0 Å². The van der Waals surface area contributed by atoms with Gasteiger partial charge in [-0.3, -0.25) is 0 Å². The normalized spacial score (nSPS) is 17.7. The zero-order valence-corrected chi connectivity index (χ0v) is 12.4. The van der Waals surface area contributed by atoms with E-state index in [1.54, 1.807) is 0 Å². The van der Waals surface area contributed by atoms with Gasteiger partial charge in [0.25, 0.3) is 0 Å². The van der Waals surface area contributed by atoms with E-state index >= 15 is 0 Å². The largest absolute Gasteiger partial charge is 0.464 e. The summed E-state index contributed by atoms with van der Waals surface area (Å²) in [6, 6.07) is 0.688. The highest BCUT2D eigenvalue weighted by Gasteiger charge is 2.23. The fourth-order valence-electron chi connectivity index (χ4n) is 2.89. The number of ether oxygens (including phenoxy) is 1. The molecule has 0 spiro atoms. The summed E-state index contributed by atoms with van der Waals surface area (Å²) in [4.78, 5) is 12.4. The molecule has 6 nitrogen and oxygen atoms in total. The van der Waals surface area contributed by atoms with Crippen molar-refractivity contribution in [1.82, 2.24) is 15.0 Å². The molecule has 1 aliphatic carbocycles. The van der Waals surface area contributed by atoms with Gasteiger partial charge in [-0.05, 0) is 32.1 Å². The van der Waals surface area contributed by atoms with E-state index in [4.69, 9.17) is 10.5 Å². The summed E-state index contributed by atoms with van der Waals surface area (Å²) < 4.78 is 5.31. The maximum absolute atomic E-state index is 5.70. The number of nitrogens with one attached hydrogen (secondary N) is 1. The standard InChI is InChI=1S/C14H25N5O/c1-3-11(10-8-6-5-7-9-10)16-13-17-12(15)18-14(19-13)20-4-2/h10-11H,3-9H2,1-2H3,(H3,15,16,17,18,19). The molecule has 1 aliphatic rings. The van der Waals surface area contributed by atoms with Crippen molar-refractivity contribution in [1.29, 1.82) is 0 Å². The Hall–Kier alpha value is -1.59. The Labute approximate surface area is 120 Å². The molecule has 1 fully saturated rings. The number of nitrogens with two attached hydrogens (primary N) is 1. The number of anilines is 2. The summed E-state index contributed by atoms with van der Waals surface area (Å²) in [5, 5.41) is 3.42. The summed E-state index contributed by atoms with van der Waals surface area (Å²) in [7, 11) is 0. The zero-order valence-electron chi connectivity index (χ0n) is 12.4. The molecule has 1 heterocycles. The molecule has 0 aliphatic heterocycles. The Kier molecular flexibility index (Phi) is 5.38. The van der Waals surface area contributed by atoms with Gasteiger partial charge >= 0.3 is 6.01 Å². The lowest BCUT2D eigenvalue weighted by atomic mass is 9.83. The van der Waals surface area contributed by atoms with Gasteiger partial charge in [-0.1, -0.05) is 26.2 Å². The van der Waals surface area contributed by atoms with E-state index in [-0.39, 0.29) is 5.95 Å². The average molecular weight is 279 g/mol. The van der Waals surface area contributed by atoms with Crippen LogP contribution < -0.4 is 15.8 Å². The Bertz CT molecular complexity index is 420. The molecule has 2 rings (SSSR count). The highest BCUT2D eigenvalue weighted by Crippen LogP contribution is 2.29. The van der Waals surface area contributed by atoms with Crippen LogP contribution in [0, 0.1) is 5.92 Å². The van der Waals surface area contributed by atoms with Crippen LogP contribution in [0.25, 0.3) is 0 Å². The van der Waals surface area contributed by atoms with E-state index in [9.17, 15) is 0 Å². The minimum absolute atomic E-state index is 0.199. The number of nitrogen functional groups attached to an aromatic ring is 1. The van der Waals surface area contributed by atoms with Crippen LogP contribution >= 0.6 is 0 Å². The van der Waals surface area contributed by atoms with Crippen LogP contribution in [0.4, 0.5) is 11.9 Å². The first-order valence-electron chi connectivity index (χ1n) is 7.63. The number of aromatic nitrogens is 3. The molecule has 112 valence electrons. The fraction of sp³-hybridized carbons (Fsp3) is 0.786. The fourth-order valence-corrected chi connectivity index (χ4v) is 2.89. The zero-order chi connectivity index (χ0) is 14.4. The van der Waals surface area contributed by atoms with Crippen LogP contribution in [0.15, 0.2) is 0 Å². The second-order valence-corrected chi connectivity index (χ2v) is 5.29. The highest BCUT2D eigenvalue weighted by molar-refractivity contribution is 5.33. The molecule has 1 atom stereocenters. The maximum atomic E-state index is 5.70. The molecule has 1 aromatic rings. The SMILES string of the molecule is CCOc1nc(N)nc(NC(CC)C2CCCCC2)n1. The van der Waals surface area contributed by atoms with Crippen LogP contribution in [0.1, 0.15) is 52.4 Å². The van der Waals surface area contributed by atoms with Crippen LogP contribution in [-0.2, 0) is 0 Å². The second kappa shape index (κ2) is 7.26. The third-order valence-electron chi connectivity index (χ3n) is 3.88. The Morgan fingerprint density at radius 3 is 2.60 bits per heavy atom. The minimum atomic E-state index is 0.199. The van der Waals surface area contributed by atoms with Gasteiger partial charge < -0.3 is 15.8 Å². The molecule has 0 aromatic carbocycles.